The van der Waals surface area contributed by atoms with Crippen LogP contribution in [0, 0.1) is 0 Å². The maximum Gasteiger partial charge on any atom is 0.337 e. The van der Waals surface area contributed by atoms with Crippen molar-refractivity contribution in [2.24, 2.45) is 0 Å². The summed E-state index contributed by atoms with van der Waals surface area (Å²) < 4.78 is 10.5. The molecule has 0 aromatic heterocycles. The van der Waals surface area contributed by atoms with Gasteiger partial charge >= 0.3 is 5.97 Å². The SMILES string of the molecule is COC(=O)c1ccc(C[C@@H](C)N(C[C@@H](O)COc2ccccc2)C[C@H](O)c2ccccc2)cc1. The van der Waals surface area contributed by atoms with Crippen LogP contribution in [0.5, 0.6) is 5.75 Å². The van der Waals surface area contributed by atoms with Gasteiger partial charge in [-0.05, 0) is 48.7 Å². The van der Waals surface area contributed by atoms with Crippen molar-refractivity contribution in [1.29, 1.82) is 0 Å². The Bertz CT molecular complexity index is 994. The van der Waals surface area contributed by atoms with Crippen LogP contribution in [0.2, 0.25) is 0 Å². The largest absolute Gasteiger partial charge is 0.491 e. The van der Waals surface area contributed by atoms with E-state index in [0.717, 1.165) is 11.1 Å². The van der Waals surface area contributed by atoms with Gasteiger partial charge in [0.1, 0.15) is 18.5 Å². The maximum absolute atomic E-state index is 11.7. The van der Waals surface area contributed by atoms with E-state index in [9.17, 15) is 15.0 Å². The molecule has 0 saturated carbocycles. The Morgan fingerprint density at radius 3 is 2.12 bits per heavy atom. The second kappa shape index (κ2) is 12.9. The van der Waals surface area contributed by atoms with Crippen molar-refractivity contribution in [3.8, 4) is 5.75 Å². The fraction of sp³-hybridized carbons (Fsp3) is 0.321. The van der Waals surface area contributed by atoms with E-state index in [1.165, 1.54) is 7.11 Å². The number of carbonyl (C=O) groups excluding carboxylic acids is 1. The number of hydrogen-bond donors (Lipinski definition) is 2. The third kappa shape index (κ3) is 7.70. The second-order valence-corrected chi connectivity index (χ2v) is 8.40. The quantitative estimate of drug-likeness (QED) is 0.397. The van der Waals surface area contributed by atoms with Gasteiger partial charge in [-0.3, -0.25) is 4.90 Å². The van der Waals surface area contributed by atoms with E-state index >= 15 is 0 Å². The van der Waals surface area contributed by atoms with Gasteiger partial charge in [0.2, 0.25) is 0 Å². The first-order chi connectivity index (χ1) is 16.5. The van der Waals surface area contributed by atoms with Crippen LogP contribution in [0.1, 0.15) is 34.5 Å². The highest BCUT2D eigenvalue weighted by Gasteiger charge is 2.22. The Labute approximate surface area is 201 Å². The van der Waals surface area contributed by atoms with Gasteiger partial charge < -0.3 is 19.7 Å². The summed E-state index contributed by atoms with van der Waals surface area (Å²) in [6.07, 6.45) is -0.727. The van der Waals surface area contributed by atoms with Crippen LogP contribution < -0.4 is 4.74 Å². The molecule has 6 heteroatoms. The molecule has 34 heavy (non-hydrogen) atoms. The lowest BCUT2D eigenvalue weighted by Gasteiger charge is -2.33. The molecule has 0 radical (unpaired) electrons. The molecule has 0 aliphatic rings. The fourth-order valence-corrected chi connectivity index (χ4v) is 3.83. The number of ether oxygens (including phenoxy) is 2. The lowest BCUT2D eigenvalue weighted by molar-refractivity contribution is 0.0291. The average molecular weight is 464 g/mol. The van der Waals surface area contributed by atoms with Crippen LogP contribution in [0.3, 0.4) is 0 Å². The molecule has 180 valence electrons. The summed E-state index contributed by atoms with van der Waals surface area (Å²) in [5.74, 6) is 0.338. The molecule has 2 N–H and O–H groups in total. The molecule has 0 heterocycles. The third-order valence-electron chi connectivity index (χ3n) is 5.75. The number of benzene rings is 3. The minimum absolute atomic E-state index is 0.0220. The summed E-state index contributed by atoms with van der Waals surface area (Å²) in [5.41, 5.74) is 2.38. The molecule has 0 bridgehead atoms. The van der Waals surface area contributed by atoms with Gasteiger partial charge in [0, 0.05) is 19.1 Å². The average Bonchev–Trinajstić information content (AvgIpc) is 2.88. The van der Waals surface area contributed by atoms with Gasteiger partial charge in [-0.25, -0.2) is 4.79 Å². The number of aliphatic hydroxyl groups excluding tert-OH is 2. The highest BCUT2D eigenvalue weighted by atomic mass is 16.5. The molecular formula is C28H33NO5. The van der Waals surface area contributed by atoms with Crippen molar-refractivity contribution in [2.75, 3.05) is 26.8 Å². The summed E-state index contributed by atoms with van der Waals surface area (Å²) in [7, 11) is 1.36. The fourth-order valence-electron chi connectivity index (χ4n) is 3.83. The monoisotopic (exact) mass is 463 g/mol. The summed E-state index contributed by atoms with van der Waals surface area (Å²) in [6, 6.07) is 26.2. The molecular weight excluding hydrogens is 430 g/mol. The van der Waals surface area contributed by atoms with Gasteiger partial charge in [-0.2, -0.15) is 0 Å². The van der Waals surface area contributed by atoms with Gasteiger partial charge in [0.25, 0.3) is 0 Å². The third-order valence-corrected chi connectivity index (χ3v) is 5.75. The van der Waals surface area contributed by atoms with E-state index in [-0.39, 0.29) is 18.6 Å². The molecule has 0 unspecified atom stereocenters. The molecule has 3 aromatic carbocycles. The highest BCUT2D eigenvalue weighted by Crippen LogP contribution is 2.18. The maximum atomic E-state index is 11.7. The zero-order valence-electron chi connectivity index (χ0n) is 19.7. The smallest absolute Gasteiger partial charge is 0.337 e. The molecule has 3 aromatic rings. The summed E-state index contributed by atoms with van der Waals surface area (Å²) >= 11 is 0. The van der Waals surface area contributed by atoms with Crippen LogP contribution >= 0.6 is 0 Å². The lowest BCUT2D eigenvalue weighted by Crippen LogP contribution is -2.44. The Morgan fingerprint density at radius 2 is 1.50 bits per heavy atom. The number of nitrogens with zero attached hydrogens (tertiary/aromatic N) is 1. The van der Waals surface area contributed by atoms with Gasteiger partial charge in [0.15, 0.2) is 0 Å². The number of aliphatic hydroxyl groups is 2. The molecule has 3 rings (SSSR count). The predicted molar refractivity (Wildman–Crippen MR) is 132 cm³/mol. The Hall–Kier alpha value is -3.19. The van der Waals surface area contributed by atoms with E-state index in [1.54, 1.807) is 12.1 Å². The summed E-state index contributed by atoms with van der Waals surface area (Å²) in [4.78, 5) is 13.8. The zero-order chi connectivity index (χ0) is 24.3. The molecule has 0 amide bonds. The second-order valence-electron chi connectivity index (χ2n) is 8.40. The van der Waals surface area contributed by atoms with Crippen molar-refractivity contribution in [3.05, 3.63) is 102 Å². The van der Waals surface area contributed by atoms with Crippen molar-refractivity contribution in [1.82, 2.24) is 4.90 Å². The van der Waals surface area contributed by atoms with Crippen molar-refractivity contribution < 1.29 is 24.5 Å². The number of methoxy groups -OCH3 is 1. The van der Waals surface area contributed by atoms with E-state index in [4.69, 9.17) is 9.47 Å². The molecule has 3 atom stereocenters. The van der Waals surface area contributed by atoms with Crippen LogP contribution in [0.15, 0.2) is 84.9 Å². The van der Waals surface area contributed by atoms with E-state index in [1.807, 2.05) is 72.8 Å². The Balaban J connectivity index is 1.67. The van der Waals surface area contributed by atoms with Crippen molar-refractivity contribution in [2.45, 2.75) is 31.6 Å². The first-order valence-corrected chi connectivity index (χ1v) is 11.5. The van der Waals surface area contributed by atoms with E-state index in [2.05, 4.69) is 11.8 Å². The molecule has 0 spiro atoms. The van der Waals surface area contributed by atoms with Crippen LogP contribution in [0.25, 0.3) is 0 Å². The van der Waals surface area contributed by atoms with Crippen molar-refractivity contribution in [3.63, 3.8) is 0 Å². The van der Waals surface area contributed by atoms with Crippen LogP contribution in [-0.4, -0.2) is 60.0 Å². The highest BCUT2D eigenvalue weighted by molar-refractivity contribution is 5.89. The minimum atomic E-state index is -0.729. The molecule has 0 aliphatic heterocycles. The Kier molecular flexibility index (Phi) is 9.64. The molecule has 0 fully saturated rings. The van der Waals surface area contributed by atoms with E-state index < -0.39 is 12.2 Å². The molecule has 6 nitrogen and oxygen atoms in total. The number of para-hydroxylation sites is 1. The standard InChI is InChI=1S/C28H33NO5/c1-21(17-22-13-15-24(16-14-22)28(32)33-2)29(19-27(31)23-9-5-3-6-10-23)18-25(30)20-34-26-11-7-4-8-12-26/h3-16,21,25,27,30-31H,17-20H2,1-2H3/t21-,25-,27+/m1/s1. The molecule has 0 saturated heterocycles. The van der Waals surface area contributed by atoms with Gasteiger partial charge in [-0.15, -0.1) is 0 Å². The first-order valence-electron chi connectivity index (χ1n) is 11.5. The van der Waals surface area contributed by atoms with Crippen molar-refractivity contribution >= 4 is 5.97 Å². The zero-order valence-corrected chi connectivity index (χ0v) is 19.7. The topological polar surface area (TPSA) is 79.2 Å². The number of carbonyl (C=O) groups is 1. The normalized spacial score (nSPS) is 13.8. The molecule has 0 aliphatic carbocycles. The van der Waals surface area contributed by atoms with Gasteiger partial charge in [0.05, 0.1) is 18.8 Å². The number of rotatable bonds is 12. The minimum Gasteiger partial charge on any atom is -0.491 e. The number of hydrogen-bond acceptors (Lipinski definition) is 6. The lowest BCUT2D eigenvalue weighted by atomic mass is 10.0. The number of esters is 1. The van der Waals surface area contributed by atoms with Crippen LogP contribution in [0.4, 0.5) is 0 Å². The predicted octanol–water partition coefficient (Wildman–Crippen LogP) is 3.88. The van der Waals surface area contributed by atoms with E-state index in [0.29, 0.717) is 30.8 Å². The van der Waals surface area contributed by atoms with Gasteiger partial charge in [-0.1, -0.05) is 60.7 Å². The Morgan fingerprint density at radius 1 is 0.882 bits per heavy atom. The summed E-state index contributed by atoms with van der Waals surface area (Å²) in [5, 5.41) is 21.5. The summed E-state index contributed by atoms with van der Waals surface area (Å²) in [6.45, 7) is 2.94. The first kappa shape index (κ1) is 25.4. The van der Waals surface area contributed by atoms with Crippen LogP contribution in [-0.2, 0) is 11.2 Å².